The lowest BCUT2D eigenvalue weighted by molar-refractivity contribution is -0.133. The van der Waals surface area contributed by atoms with E-state index in [0.29, 0.717) is 13.0 Å². The first kappa shape index (κ1) is 14.1. The van der Waals surface area contributed by atoms with Gasteiger partial charge in [0.2, 0.25) is 5.91 Å². The van der Waals surface area contributed by atoms with Crippen molar-refractivity contribution in [1.29, 1.82) is 0 Å². The normalized spacial score (nSPS) is 20.8. The molecule has 2 heterocycles. The third-order valence-corrected chi connectivity index (χ3v) is 3.92. The zero-order valence-electron chi connectivity index (χ0n) is 11.8. The van der Waals surface area contributed by atoms with Gasteiger partial charge in [-0.25, -0.2) is 0 Å². The molecule has 2 atom stereocenters. The minimum Gasteiger partial charge on any atom is -0.359 e. The van der Waals surface area contributed by atoms with Gasteiger partial charge in [0.1, 0.15) is 0 Å². The van der Waals surface area contributed by atoms with E-state index in [2.05, 4.69) is 12.1 Å². The molecule has 106 valence electrons. The Morgan fingerprint density at radius 2 is 2.47 bits per heavy atom. The quantitative estimate of drug-likeness (QED) is 0.884. The van der Waals surface area contributed by atoms with Crippen molar-refractivity contribution in [2.75, 3.05) is 13.1 Å². The number of carbonyl (C=O) groups excluding carboxylic acids is 1. The van der Waals surface area contributed by atoms with Gasteiger partial charge in [0.05, 0.1) is 11.7 Å². The maximum atomic E-state index is 12.4. The Balaban J connectivity index is 2.04. The van der Waals surface area contributed by atoms with Crippen molar-refractivity contribution < 1.29 is 9.32 Å². The van der Waals surface area contributed by atoms with E-state index in [1.807, 2.05) is 17.9 Å². The van der Waals surface area contributed by atoms with Crippen LogP contribution in [0.25, 0.3) is 0 Å². The van der Waals surface area contributed by atoms with Gasteiger partial charge in [0.15, 0.2) is 5.76 Å². The van der Waals surface area contributed by atoms with E-state index in [0.717, 1.165) is 37.3 Å². The molecule has 1 aliphatic rings. The number of likely N-dealkylation sites (tertiary alicyclic amines) is 1. The lowest BCUT2D eigenvalue weighted by Crippen LogP contribution is -2.33. The molecular weight excluding hydrogens is 242 g/mol. The van der Waals surface area contributed by atoms with Crippen LogP contribution in [0.15, 0.2) is 10.6 Å². The minimum absolute atomic E-state index is 0.0592. The molecule has 0 spiro atoms. The van der Waals surface area contributed by atoms with E-state index in [-0.39, 0.29) is 17.9 Å². The van der Waals surface area contributed by atoms with Crippen LogP contribution in [0, 0.1) is 12.8 Å². The number of nitrogens with zero attached hydrogens (tertiary/aromatic N) is 2. The summed E-state index contributed by atoms with van der Waals surface area (Å²) in [5.41, 5.74) is 6.54. The minimum atomic E-state index is 0.0592. The summed E-state index contributed by atoms with van der Waals surface area (Å²) in [6.45, 7) is 5.36. The van der Waals surface area contributed by atoms with Gasteiger partial charge in [0.25, 0.3) is 0 Å². The van der Waals surface area contributed by atoms with Gasteiger partial charge in [-0.2, -0.15) is 0 Å². The molecule has 5 nitrogen and oxygen atoms in total. The summed E-state index contributed by atoms with van der Waals surface area (Å²) in [5, 5.41) is 3.92. The van der Waals surface area contributed by atoms with E-state index in [4.69, 9.17) is 10.3 Å². The van der Waals surface area contributed by atoms with Crippen molar-refractivity contribution in [3.05, 3.63) is 17.5 Å². The van der Waals surface area contributed by atoms with Crippen LogP contribution < -0.4 is 5.73 Å². The Morgan fingerprint density at radius 3 is 3.05 bits per heavy atom. The van der Waals surface area contributed by atoms with Gasteiger partial charge in [-0.15, -0.1) is 0 Å². The fraction of sp³-hybridized carbons (Fsp3) is 0.714. The van der Waals surface area contributed by atoms with E-state index in [1.165, 1.54) is 0 Å². The molecule has 0 radical (unpaired) electrons. The molecule has 1 aromatic heterocycles. The lowest BCUT2D eigenvalue weighted by atomic mass is 10.0. The van der Waals surface area contributed by atoms with Gasteiger partial charge >= 0.3 is 0 Å². The summed E-state index contributed by atoms with van der Waals surface area (Å²) in [7, 11) is 0. The second-order valence-electron chi connectivity index (χ2n) is 5.33. The van der Waals surface area contributed by atoms with Gasteiger partial charge in [0, 0.05) is 19.0 Å². The molecule has 2 rings (SSSR count). The first-order valence-corrected chi connectivity index (χ1v) is 7.08. The third kappa shape index (κ3) is 3.15. The molecule has 2 N–H and O–H groups in total. The smallest absolute Gasteiger partial charge is 0.223 e. The maximum Gasteiger partial charge on any atom is 0.223 e. The van der Waals surface area contributed by atoms with Crippen molar-refractivity contribution in [1.82, 2.24) is 10.1 Å². The molecule has 1 aromatic rings. The molecule has 5 heteroatoms. The van der Waals surface area contributed by atoms with Gasteiger partial charge < -0.3 is 15.2 Å². The SMILES string of the molecule is CCC(CN)CC(=O)N1CCCC1c1cc(C)no1. The predicted molar refractivity (Wildman–Crippen MR) is 72.4 cm³/mol. The molecule has 2 unspecified atom stereocenters. The third-order valence-electron chi connectivity index (χ3n) is 3.92. The van der Waals surface area contributed by atoms with Crippen molar-refractivity contribution in [2.24, 2.45) is 11.7 Å². The molecule has 1 fully saturated rings. The lowest BCUT2D eigenvalue weighted by Gasteiger charge is -2.24. The zero-order valence-corrected chi connectivity index (χ0v) is 11.8. The fourth-order valence-corrected chi connectivity index (χ4v) is 2.66. The van der Waals surface area contributed by atoms with Crippen molar-refractivity contribution >= 4 is 5.91 Å². The Kier molecular flexibility index (Phi) is 4.58. The number of aromatic nitrogens is 1. The van der Waals surface area contributed by atoms with Crippen molar-refractivity contribution in [3.63, 3.8) is 0 Å². The number of rotatable bonds is 5. The first-order valence-electron chi connectivity index (χ1n) is 7.08. The second kappa shape index (κ2) is 6.19. The highest BCUT2D eigenvalue weighted by atomic mass is 16.5. The zero-order chi connectivity index (χ0) is 13.8. The summed E-state index contributed by atoms with van der Waals surface area (Å²) < 4.78 is 5.32. The average molecular weight is 265 g/mol. The Morgan fingerprint density at radius 1 is 1.68 bits per heavy atom. The number of amides is 1. The fourth-order valence-electron chi connectivity index (χ4n) is 2.66. The highest BCUT2D eigenvalue weighted by Gasteiger charge is 2.33. The van der Waals surface area contributed by atoms with Gasteiger partial charge in [-0.3, -0.25) is 4.79 Å². The van der Waals surface area contributed by atoms with E-state index >= 15 is 0 Å². The van der Waals surface area contributed by atoms with Crippen molar-refractivity contribution in [2.45, 2.75) is 45.6 Å². The van der Waals surface area contributed by atoms with E-state index < -0.39 is 0 Å². The highest BCUT2D eigenvalue weighted by molar-refractivity contribution is 5.77. The van der Waals surface area contributed by atoms with Crippen molar-refractivity contribution in [3.8, 4) is 0 Å². The summed E-state index contributed by atoms with van der Waals surface area (Å²) in [6.07, 6.45) is 3.47. The molecule has 0 bridgehead atoms. The summed E-state index contributed by atoms with van der Waals surface area (Å²) in [5.74, 6) is 1.28. The van der Waals surface area contributed by atoms with Crippen LogP contribution in [0.1, 0.15) is 50.1 Å². The Labute approximate surface area is 114 Å². The van der Waals surface area contributed by atoms with Crippen LogP contribution in [0.4, 0.5) is 0 Å². The molecule has 1 saturated heterocycles. The van der Waals surface area contributed by atoms with E-state index in [1.54, 1.807) is 0 Å². The average Bonchev–Trinajstić information content (AvgIpc) is 3.03. The number of hydrogen-bond donors (Lipinski definition) is 1. The number of hydrogen-bond acceptors (Lipinski definition) is 4. The van der Waals surface area contributed by atoms with Crippen LogP contribution in [-0.2, 0) is 4.79 Å². The van der Waals surface area contributed by atoms with Crippen LogP contribution >= 0.6 is 0 Å². The van der Waals surface area contributed by atoms with Gasteiger partial charge in [-0.1, -0.05) is 18.5 Å². The number of carbonyl (C=O) groups is 1. The predicted octanol–water partition coefficient (Wildman–Crippen LogP) is 2.02. The van der Waals surface area contributed by atoms with Gasteiger partial charge in [-0.05, 0) is 32.2 Å². The number of aryl methyl sites for hydroxylation is 1. The van der Waals surface area contributed by atoms with Crippen LogP contribution in [0.3, 0.4) is 0 Å². The second-order valence-corrected chi connectivity index (χ2v) is 5.33. The molecule has 19 heavy (non-hydrogen) atoms. The maximum absolute atomic E-state index is 12.4. The van der Waals surface area contributed by atoms with Crippen LogP contribution in [-0.4, -0.2) is 29.1 Å². The molecule has 0 saturated carbocycles. The molecule has 1 aliphatic heterocycles. The molecular formula is C14H23N3O2. The summed E-state index contributed by atoms with van der Waals surface area (Å²) >= 11 is 0. The standard InChI is InChI=1S/C14H23N3O2/c1-3-11(9-15)8-14(18)17-6-4-5-12(17)13-7-10(2)16-19-13/h7,11-12H,3-6,8-9,15H2,1-2H3. The largest absolute Gasteiger partial charge is 0.359 e. The van der Waals surface area contributed by atoms with Crippen LogP contribution in [0.5, 0.6) is 0 Å². The summed E-state index contributed by atoms with van der Waals surface area (Å²) in [4.78, 5) is 14.3. The first-order chi connectivity index (χ1) is 9.15. The number of nitrogens with two attached hydrogens (primary N) is 1. The van der Waals surface area contributed by atoms with E-state index in [9.17, 15) is 4.79 Å². The van der Waals surface area contributed by atoms with Crippen LogP contribution in [0.2, 0.25) is 0 Å². The topological polar surface area (TPSA) is 72.4 Å². The molecule has 0 aliphatic carbocycles. The Bertz CT molecular complexity index is 426. The monoisotopic (exact) mass is 265 g/mol. The molecule has 1 amide bonds. The molecule has 0 aromatic carbocycles. The summed E-state index contributed by atoms with van der Waals surface area (Å²) in [6, 6.07) is 1.99. The Hall–Kier alpha value is -1.36. The highest BCUT2D eigenvalue weighted by Crippen LogP contribution is 2.33.